The predicted molar refractivity (Wildman–Crippen MR) is 133 cm³/mol. The molecular weight excluding hydrogens is 486 g/mol. The van der Waals surface area contributed by atoms with Gasteiger partial charge in [0.25, 0.3) is 5.91 Å². The second kappa shape index (κ2) is 12.1. The maximum absolute atomic E-state index is 13.8. The second-order valence-corrected chi connectivity index (χ2v) is 9.50. The summed E-state index contributed by atoms with van der Waals surface area (Å²) in [6, 6.07) is 12.9. The Morgan fingerprint density at radius 1 is 1.11 bits per heavy atom. The van der Waals surface area contributed by atoms with Crippen LogP contribution in [0.5, 0.6) is 5.75 Å². The van der Waals surface area contributed by atoms with E-state index in [1.54, 1.807) is 35.5 Å². The Hall–Kier alpha value is -3.30. The summed E-state index contributed by atoms with van der Waals surface area (Å²) in [5, 5.41) is 1.99. The van der Waals surface area contributed by atoms with Crippen LogP contribution in [0.15, 0.2) is 60.0 Å². The predicted octanol–water partition coefficient (Wildman–Crippen LogP) is 4.71. The van der Waals surface area contributed by atoms with Crippen molar-refractivity contribution in [1.29, 1.82) is 0 Å². The summed E-state index contributed by atoms with van der Waals surface area (Å²) < 4.78 is 38.1. The fourth-order valence-corrected chi connectivity index (χ4v) is 5.22. The highest BCUT2D eigenvalue weighted by Gasteiger charge is 2.33. The number of carbonyl (C=O) groups is 2. The van der Waals surface area contributed by atoms with E-state index in [-0.39, 0.29) is 36.5 Å². The third kappa shape index (κ3) is 6.27. The van der Waals surface area contributed by atoms with Gasteiger partial charge in [0.15, 0.2) is 0 Å². The average Bonchev–Trinajstić information content (AvgIpc) is 3.36. The molecule has 0 bridgehead atoms. The van der Waals surface area contributed by atoms with E-state index in [1.165, 1.54) is 46.2 Å². The molecule has 1 aliphatic heterocycles. The van der Waals surface area contributed by atoms with E-state index in [2.05, 4.69) is 0 Å². The van der Waals surface area contributed by atoms with Gasteiger partial charge in [0, 0.05) is 37.2 Å². The molecule has 36 heavy (non-hydrogen) atoms. The first-order valence-corrected chi connectivity index (χ1v) is 12.6. The van der Waals surface area contributed by atoms with Crippen molar-refractivity contribution < 1.29 is 27.8 Å². The molecular formula is C27H28F2N2O4S. The van der Waals surface area contributed by atoms with E-state index < -0.39 is 11.7 Å². The molecule has 4 rings (SSSR count). The summed E-state index contributed by atoms with van der Waals surface area (Å²) in [7, 11) is 1.57. The molecule has 0 saturated heterocycles. The Kier molecular flexibility index (Phi) is 8.66. The standard InChI is InChI=1S/C27H28F2N2O4S/c1-34-14-3-12-30(27(33)19-4-2-5-21(29)16-19)17-26(32)31-13-10-25-23(11-15-36-25)24(31)18-35-22-8-6-20(28)7-9-22/h2,4-9,11,15-16,24H,3,10,12-14,17-18H2,1H3. The number of carbonyl (C=O) groups excluding carboxylic acids is 2. The molecule has 0 N–H and O–H groups in total. The summed E-state index contributed by atoms with van der Waals surface area (Å²) >= 11 is 1.64. The minimum absolute atomic E-state index is 0.147. The van der Waals surface area contributed by atoms with E-state index in [0.29, 0.717) is 38.3 Å². The van der Waals surface area contributed by atoms with Crippen LogP contribution < -0.4 is 4.74 Å². The number of hydrogen-bond acceptors (Lipinski definition) is 5. The van der Waals surface area contributed by atoms with E-state index in [1.807, 2.05) is 11.4 Å². The number of fused-ring (bicyclic) bond motifs is 1. The largest absolute Gasteiger partial charge is 0.491 e. The van der Waals surface area contributed by atoms with Crippen molar-refractivity contribution in [1.82, 2.24) is 9.80 Å². The van der Waals surface area contributed by atoms with Crippen LogP contribution in [0, 0.1) is 11.6 Å². The number of nitrogens with zero attached hydrogens (tertiary/aromatic N) is 2. The van der Waals surface area contributed by atoms with Gasteiger partial charge in [0.05, 0.1) is 6.04 Å². The Labute approximate surface area is 213 Å². The summed E-state index contributed by atoms with van der Waals surface area (Å²) in [6.45, 7) is 1.26. The van der Waals surface area contributed by atoms with Gasteiger partial charge in [-0.05, 0) is 72.3 Å². The SMILES string of the molecule is COCCCN(CC(=O)N1CCc2sccc2C1COc1ccc(F)cc1)C(=O)c1cccc(F)c1. The van der Waals surface area contributed by atoms with E-state index in [9.17, 15) is 18.4 Å². The Balaban J connectivity index is 1.52. The first-order valence-electron chi connectivity index (χ1n) is 11.7. The van der Waals surface area contributed by atoms with Gasteiger partial charge in [-0.1, -0.05) is 6.07 Å². The minimum atomic E-state index is -0.511. The quantitative estimate of drug-likeness (QED) is 0.368. The van der Waals surface area contributed by atoms with Crippen LogP contribution in [-0.2, 0) is 16.0 Å². The molecule has 1 unspecified atom stereocenters. The van der Waals surface area contributed by atoms with Crippen LogP contribution in [0.2, 0.25) is 0 Å². The smallest absolute Gasteiger partial charge is 0.254 e. The summed E-state index contributed by atoms with van der Waals surface area (Å²) in [6.07, 6.45) is 1.25. The molecule has 0 fully saturated rings. The maximum atomic E-state index is 13.8. The zero-order valence-corrected chi connectivity index (χ0v) is 20.8. The normalized spacial score (nSPS) is 14.9. The van der Waals surface area contributed by atoms with E-state index >= 15 is 0 Å². The first-order chi connectivity index (χ1) is 17.5. The number of hydrogen-bond donors (Lipinski definition) is 0. The van der Waals surface area contributed by atoms with Gasteiger partial charge in [-0.3, -0.25) is 9.59 Å². The maximum Gasteiger partial charge on any atom is 0.254 e. The van der Waals surface area contributed by atoms with Crippen molar-refractivity contribution in [2.45, 2.75) is 18.9 Å². The van der Waals surface area contributed by atoms with E-state index in [0.717, 1.165) is 5.56 Å². The Bertz CT molecular complexity index is 1180. The van der Waals surface area contributed by atoms with Crippen LogP contribution in [-0.4, -0.2) is 61.6 Å². The molecule has 1 aliphatic rings. The third-order valence-corrected chi connectivity index (χ3v) is 7.09. The van der Waals surface area contributed by atoms with Crippen LogP contribution in [0.4, 0.5) is 8.78 Å². The van der Waals surface area contributed by atoms with Crippen molar-refractivity contribution in [3.8, 4) is 5.75 Å². The topological polar surface area (TPSA) is 59.1 Å². The van der Waals surface area contributed by atoms with Gasteiger partial charge in [0.2, 0.25) is 5.91 Å². The minimum Gasteiger partial charge on any atom is -0.491 e. The molecule has 0 aliphatic carbocycles. The molecule has 9 heteroatoms. The number of benzene rings is 2. The lowest BCUT2D eigenvalue weighted by molar-refractivity contribution is -0.135. The van der Waals surface area contributed by atoms with Gasteiger partial charge in [-0.25, -0.2) is 8.78 Å². The Morgan fingerprint density at radius 3 is 2.67 bits per heavy atom. The van der Waals surface area contributed by atoms with Crippen molar-refractivity contribution in [2.24, 2.45) is 0 Å². The van der Waals surface area contributed by atoms with Gasteiger partial charge in [0.1, 0.15) is 30.5 Å². The lowest BCUT2D eigenvalue weighted by Gasteiger charge is -2.37. The Morgan fingerprint density at radius 2 is 1.92 bits per heavy atom. The average molecular weight is 515 g/mol. The van der Waals surface area contributed by atoms with Crippen LogP contribution in [0.3, 0.4) is 0 Å². The fourth-order valence-electron chi connectivity index (χ4n) is 4.29. The summed E-state index contributed by atoms with van der Waals surface area (Å²) in [5.74, 6) is -0.988. The molecule has 1 atom stereocenters. The van der Waals surface area contributed by atoms with Crippen molar-refractivity contribution in [3.63, 3.8) is 0 Å². The molecule has 0 spiro atoms. The zero-order valence-electron chi connectivity index (χ0n) is 20.0. The number of rotatable bonds is 10. The number of methoxy groups -OCH3 is 1. The highest BCUT2D eigenvalue weighted by Crippen LogP contribution is 2.34. The van der Waals surface area contributed by atoms with Crippen molar-refractivity contribution in [3.05, 3.63) is 87.6 Å². The molecule has 0 saturated carbocycles. The first kappa shape index (κ1) is 25.8. The number of ether oxygens (including phenoxy) is 2. The van der Waals surface area contributed by atoms with Crippen LogP contribution >= 0.6 is 11.3 Å². The summed E-state index contributed by atoms with van der Waals surface area (Å²) in [4.78, 5) is 31.1. The molecule has 3 aromatic rings. The molecule has 2 heterocycles. The molecule has 6 nitrogen and oxygen atoms in total. The highest BCUT2D eigenvalue weighted by atomic mass is 32.1. The van der Waals surface area contributed by atoms with Gasteiger partial charge in [-0.15, -0.1) is 11.3 Å². The third-order valence-electron chi connectivity index (χ3n) is 6.10. The van der Waals surface area contributed by atoms with Crippen LogP contribution in [0.25, 0.3) is 0 Å². The molecule has 0 radical (unpaired) electrons. The van der Waals surface area contributed by atoms with Crippen molar-refractivity contribution in [2.75, 3.05) is 40.0 Å². The number of thiophene rings is 1. The molecule has 2 aromatic carbocycles. The second-order valence-electron chi connectivity index (χ2n) is 8.50. The molecule has 1 aromatic heterocycles. The zero-order chi connectivity index (χ0) is 25.5. The highest BCUT2D eigenvalue weighted by molar-refractivity contribution is 7.10. The fraction of sp³-hybridized carbons (Fsp3) is 0.333. The number of amides is 2. The lowest BCUT2D eigenvalue weighted by atomic mass is 10.0. The molecule has 190 valence electrons. The summed E-state index contributed by atoms with van der Waals surface area (Å²) in [5.41, 5.74) is 1.21. The van der Waals surface area contributed by atoms with Gasteiger partial charge >= 0.3 is 0 Å². The van der Waals surface area contributed by atoms with Gasteiger partial charge < -0.3 is 19.3 Å². The lowest BCUT2D eigenvalue weighted by Crippen LogP contribution is -2.48. The van der Waals surface area contributed by atoms with Crippen LogP contribution in [0.1, 0.15) is 33.3 Å². The van der Waals surface area contributed by atoms with E-state index in [4.69, 9.17) is 9.47 Å². The monoisotopic (exact) mass is 514 g/mol. The number of halogens is 2. The molecule has 2 amide bonds. The van der Waals surface area contributed by atoms with Gasteiger partial charge in [-0.2, -0.15) is 0 Å². The van der Waals surface area contributed by atoms with Crippen molar-refractivity contribution >= 4 is 23.2 Å².